The topological polar surface area (TPSA) is 51.4 Å². The van der Waals surface area contributed by atoms with Crippen LogP contribution in [0.15, 0.2) is 72.8 Å². The molecule has 0 fully saturated rings. The maximum Gasteiger partial charge on any atom is 0.416 e. The molecular weight excluding hydrogens is 435 g/mol. The molecule has 0 radical (unpaired) electrons. The van der Waals surface area contributed by atoms with Crippen LogP contribution in [-0.2, 0) is 19.3 Å². The Morgan fingerprint density at radius 3 is 2.38 bits per heavy atom. The summed E-state index contributed by atoms with van der Waals surface area (Å²) in [5.74, 6) is 0.766. The molecule has 0 saturated heterocycles. The summed E-state index contributed by atoms with van der Waals surface area (Å²) >= 11 is 1.36. The predicted molar refractivity (Wildman–Crippen MR) is 122 cm³/mol. The van der Waals surface area contributed by atoms with Gasteiger partial charge in [-0.3, -0.25) is 0 Å². The Morgan fingerprint density at radius 2 is 1.69 bits per heavy atom. The maximum absolute atomic E-state index is 13.0. The highest BCUT2D eigenvalue weighted by atomic mass is 32.1. The van der Waals surface area contributed by atoms with Crippen molar-refractivity contribution in [3.8, 4) is 5.75 Å². The number of aromatic nitrogens is 1. The van der Waals surface area contributed by atoms with E-state index in [1.54, 1.807) is 0 Å². The van der Waals surface area contributed by atoms with Crippen LogP contribution >= 0.6 is 11.3 Å². The van der Waals surface area contributed by atoms with Gasteiger partial charge >= 0.3 is 6.18 Å². The zero-order valence-electron chi connectivity index (χ0n) is 17.2. The van der Waals surface area contributed by atoms with Gasteiger partial charge in [0, 0.05) is 19.6 Å². The van der Waals surface area contributed by atoms with Crippen LogP contribution < -0.4 is 15.4 Å². The molecule has 1 aromatic heterocycles. The summed E-state index contributed by atoms with van der Waals surface area (Å²) in [7, 11) is 0. The van der Waals surface area contributed by atoms with Crippen LogP contribution in [0.1, 0.15) is 16.7 Å². The Labute approximate surface area is 188 Å². The molecule has 4 rings (SSSR count). The number of ether oxygens (including phenoxy) is 1. The standard InChI is InChI=1S/C24H22F3N3OS/c25-24(26,27)19-8-11-22-21(14-19)29-23(32-22)30(13-12-28)15-17-6-9-20(10-7-17)31-16-18-4-2-1-3-5-18/h1-11,14H,12-13,15-16,28H2. The van der Waals surface area contributed by atoms with Gasteiger partial charge in [0.1, 0.15) is 12.4 Å². The van der Waals surface area contributed by atoms with E-state index in [1.807, 2.05) is 59.5 Å². The number of halogens is 3. The van der Waals surface area contributed by atoms with Crippen molar-refractivity contribution in [1.29, 1.82) is 0 Å². The number of anilines is 1. The minimum atomic E-state index is -4.39. The molecule has 1 heterocycles. The van der Waals surface area contributed by atoms with E-state index in [1.165, 1.54) is 17.4 Å². The predicted octanol–water partition coefficient (Wildman–Crippen LogP) is 5.86. The summed E-state index contributed by atoms with van der Waals surface area (Å²) in [6.07, 6.45) is -4.39. The maximum atomic E-state index is 13.0. The second-order valence-corrected chi connectivity index (χ2v) is 8.31. The fourth-order valence-electron chi connectivity index (χ4n) is 3.28. The van der Waals surface area contributed by atoms with E-state index in [-0.39, 0.29) is 0 Å². The van der Waals surface area contributed by atoms with Gasteiger partial charge in [-0.1, -0.05) is 53.8 Å². The highest BCUT2D eigenvalue weighted by Crippen LogP contribution is 2.35. The molecule has 0 saturated carbocycles. The Balaban J connectivity index is 1.47. The first-order valence-corrected chi connectivity index (χ1v) is 10.9. The Kier molecular flexibility index (Phi) is 6.62. The number of hydrogen-bond donors (Lipinski definition) is 1. The number of nitrogens with zero attached hydrogens (tertiary/aromatic N) is 2. The summed E-state index contributed by atoms with van der Waals surface area (Å²) < 4.78 is 45.6. The van der Waals surface area contributed by atoms with Crippen LogP contribution in [0.25, 0.3) is 10.2 Å². The summed E-state index contributed by atoms with van der Waals surface area (Å²) in [5, 5.41) is 0.647. The van der Waals surface area contributed by atoms with E-state index in [4.69, 9.17) is 10.5 Å². The summed E-state index contributed by atoms with van der Waals surface area (Å²) in [6.45, 7) is 1.98. The Bertz CT molecular complexity index is 1160. The molecule has 0 aliphatic heterocycles. The van der Waals surface area contributed by atoms with E-state index < -0.39 is 11.7 Å². The van der Waals surface area contributed by atoms with Crippen molar-refractivity contribution in [2.24, 2.45) is 5.73 Å². The van der Waals surface area contributed by atoms with Crippen molar-refractivity contribution >= 4 is 26.7 Å². The molecule has 0 atom stereocenters. The van der Waals surface area contributed by atoms with Crippen molar-refractivity contribution < 1.29 is 17.9 Å². The number of benzene rings is 3. The molecule has 0 amide bonds. The normalized spacial score (nSPS) is 11.6. The fourth-order valence-corrected chi connectivity index (χ4v) is 4.25. The first kappa shape index (κ1) is 22.1. The number of rotatable bonds is 8. The third kappa shape index (κ3) is 5.38. The van der Waals surface area contributed by atoms with Crippen molar-refractivity contribution in [3.63, 3.8) is 0 Å². The van der Waals surface area contributed by atoms with Gasteiger partial charge in [0.05, 0.1) is 15.8 Å². The van der Waals surface area contributed by atoms with Crippen molar-refractivity contribution in [1.82, 2.24) is 4.98 Å². The molecule has 32 heavy (non-hydrogen) atoms. The molecule has 4 aromatic rings. The lowest BCUT2D eigenvalue weighted by molar-refractivity contribution is -0.137. The first-order valence-electron chi connectivity index (χ1n) is 10.1. The lowest BCUT2D eigenvalue weighted by atomic mass is 10.2. The summed E-state index contributed by atoms with van der Waals surface area (Å²) in [5.41, 5.74) is 7.55. The second-order valence-electron chi connectivity index (χ2n) is 7.31. The van der Waals surface area contributed by atoms with Crippen LogP contribution in [0.5, 0.6) is 5.75 Å². The van der Waals surface area contributed by atoms with Crippen LogP contribution in [0, 0.1) is 0 Å². The summed E-state index contributed by atoms with van der Waals surface area (Å²) in [4.78, 5) is 6.43. The minimum Gasteiger partial charge on any atom is -0.489 e. The number of hydrogen-bond acceptors (Lipinski definition) is 5. The SMILES string of the molecule is NCCN(Cc1ccc(OCc2ccccc2)cc1)c1nc2cc(C(F)(F)F)ccc2s1. The molecule has 0 unspecified atom stereocenters. The third-order valence-corrected chi connectivity index (χ3v) is 6.02. The Morgan fingerprint density at radius 1 is 0.938 bits per heavy atom. The van der Waals surface area contributed by atoms with Crippen LogP contribution in [-0.4, -0.2) is 18.1 Å². The van der Waals surface area contributed by atoms with Crippen molar-refractivity contribution in [2.75, 3.05) is 18.0 Å². The van der Waals surface area contributed by atoms with E-state index >= 15 is 0 Å². The van der Waals surface area contributed by atoms with E-state index in [2.05, 4.69) is 4.98 Å². The average Bonchev–Trinajstić information content (AvgIpc) is 3.22. The highest BCUT2D eigenvalue weighted by Gasteiger charge is 2.31. The molecule has 0 spiro atoms. The van der Waals surface area contributed by atoms with Gasteiger partial charge in [-0.15, -0.1) is 0 Å². The van der Waals surface area contributed by atoms with E-state index in [0.29, 0.717) is 41.6 Å². The van der Waals surface area contributed by atoms with Crippen LogP contribution in [0.2, 0.25) is 0 Å². The van der Waals surface area contributed by atoms with Gasteiger partial charge in [-0.25, -0.2) is 4.98 Å². The number of fused-ring (bicyclic) bond motifs is 1. The number of nitrogens with two attached hydrogens (primary N) is 1. The molecule has 8 heteroatoms. The zero-order valence-corrected chi connectivity index (χ0v) is 18.0. The summed E-state index contributed by atoms with van der Waals surface area (Å²) in [6, 6.07) is 21.3. The van der Waals surface area contributed by atoms with Gasteiger partial charge in [0.2, 0.25) is 0 Å². The fraction of sp³-hybridized carbons (Fsp3) is 0.208. The molecule has 3 aromatic carbocycles. The molecular formula is C24H22F3N3OS. The molecule has 2 N–H and O–H groups in total. The lowest BCUT2D eigenvalue weighted by Gasteiger charge is -2.21. The first-order chi connectivity index (χ1) is 15.4. The third-order valence-electron chi connectivity index (χ3n) is 4.92. The van der Waals surface area contributed by atoms with Crippen LogP contribution in [0.4, 0.5) is 18.3 Å². The Hall–Kier alpha value is -3.10. The molecule has 166 valence electrons. The minimum absolute atomic E-state index is 0.339. The molecule has 4 nitrogen and oxygen atoms in total. The largest absolute Gasteiger partial charge is 0.489 e. The van der Waals surface area contributed by atoms with Gasteiger partial charge in [0.25, 0.3) is 0 Å². The van der Waals surface area contributed by atoms with Gasteiger partial charge in [-0.05, 0) is 41.5 Å². The van der Waals surface area contributed by atoms with Crippen molar-refractivity contribution in [3.05, 3.63) is 89.5 Å². The average molecular weight is 458 g/mol. The zero-order chi connectivity index (χ0) is 22.6. The van der Waals surface area contributed by atoms with Gasteiger partial charge in [-0.2, -0.15) is 13.2 Å². The van der Waals surface area contributed by atoms with Crippen LogP contribution in [0.3, 0.4) is 0 Å². The highest BCUT2D eigenvalue weighted by molar-refractivity contribution is 7.22. The van der Waals surface area contributed by atoms with E-state index in [9.17, 15) is 13.2 Å². The number of alkyl halides is 3. The molecule has 0 aliphatic carbocycles. The van der Waals surface area contributed by atoms with Crippen molar-refractivity contribution in [2.45, 2.75) is 19.3 Å². The van der Waals surface area contributed by atoms with E-state index in [0.717, 1.165) is 29.0 Å². The monoisotopic (exact) mass is 457 g/mol. The van der Waals surface area contributed by atoms with Gasteiger partial charge < -0.3 is 15.4 Å². The van der Waals surface area contributed by atoms with Gasteiger partial charge in [0.15, 0.2) is 5.13 Å². The number of thiazole rings is 1. The molecule has 0 bridgehead atoms. The molecule has 0 aliphatic rings. The second kappa shape index (κ2) is 9.58. The lowest BCUT2D eigenvalue weighted by Crippen LogP contribution is -2.28. The smallest absolute Gasteiger partial charge is 0.416 e. The quantitative estimate of drug-likeness (QED) is 0.360.